The van der Waals surface area contributed by atoms with Crippen molar-refractivity contribution in [2.75, 3.05) is 33.4 Å². The summed E-state index contributed by atoms with van der Waals surface area (Å²) in [5, 5.41) is 0. The zero-order chi connectivity index (χ0) is 19.7. The van der Waals surface area contributed by atoms with Crippen LogP contribution in [0, 0.1) is 12.3 Å². The molecule has 0 N–H and O–H groups in total. The van der Waals surface area contributed by atoms with E-state index in [4.69, 9.17) is 30.1 Å². The van der Waals surface area contributed by atoms with E-state index >= 15 is 0 Å². The quantitative estimate of drug-likeness (QED) is 0.324. The summed E-state index contributed by atoms with van der Waals surface area (Å²) in [6.07, 6.45) is 1.23. The number of ether oxygens (including phenoxy) is 5. The number of hydrogen-bond acceptors (Lipinski definition) is 9. The lowest BCUT2D eigenvalue weighted by molar-refractivity contribution is -0.281. The normalized spacial score (nSPS) is 25.2. The molecule has 1 heterocycles. The summed E-state index contributed by atoms with van der Waals surface area (Å²) in [7, 11) is 1.83. The van der Waals surface area contributed by atoms with Gasteiger partial charge >= 0.3 is 17.9 Å². The van der Waals surface area contributed by atoms with Crippen LogP contribution in [0.2, 0.25) is 0 Å². The van der Waals surface area contributed by atoms with Gasteiger partial charge in [0.2, 0.25) is 0 Å². The van der Waals surface area contributed by atoms with Crippen LogP contribution in [0.3, 0.4) is 0 Å². The second kappa shape index (κ2) is 10.8. The second-order valence-electron chi connectivity index (χ2n) is 5.81. The molecule has 0 aliphatic carbocycles. The van der Waals surface area contributed by atoms with E-state index in [1.807, 2.05) is 11.9 Å². The maximum Gasteiger partial charge on any atom is 0.303 e. The summed E-state index contributed by atoms with van der Waals surface area (Å²) in [5.74, 6) is 0.705. The number of hydrogen-bond donors (Lipinski definition) is 0. The highest BCUT2D eigenvalue weighted by molar-refractivity contribution is 5.68. The predicted molar refractivity (Wildman–Crippen MR) is 88.7 cm³/mol. The number of carbonyl (C=O) groups excluding carboxylic acids is 3. The van der Waals surface area contributed by atoms with E-state index in [0.29, 0.717) is 13.1 Å². The molecule has 0 unspecified atom stereocenters. The molecule has 0 radical (unpaired) electrons. The first-order valence-corrected chi connectivity index (χ1v) is 8.11. The summed E-state index contributed by atoms with van der Waals surface area (Å²) in [6.45, 7) is 4.77. The first-order chi connectivity index (χ1) is 12.2. The third kappa shape index (κ3) is 7.39. The lowest BCUT2D eigenvalue weighted by Crippen LogP contribution is -2.58. The fourth-order valence-corrected chi connectivity index (χ4v) is 2.41. The molecule has 0 aromatic heterocycles. The number of likely N-dealkylation sites (N-methyl/N-ethyl adjacent to an activating group) is 1. The maximum atomic E-state index is 11.5. The van der Waals surface area contributed by atoms with Crippen molar-refractivity contribution in [1.29, 1.82) is 0 Å². The standard InChI is InChI=1S/C17H25NO8/c1-6-7-18(5)8-9-22-17-16(26-13(4)21)15(25-12(3)20)14(10-23-17)24-11(2)19/h1,14-17H,7-10H2,2-5H3/t14-,15+,16-,17-/m1/s1. The van der Waals surface area contributed by atoms with Crippen molar-refractivity contribution < 1.29 is 38.1 Å². The van der Waals surface area contributed by atoms with Crippen LogP contribution in [0.15, 0.2) is 0 Å². The first-order valence-electron chi connectivity index (χ1n) is 8.11. The molecule has 0 amide bonds. The van der Waals surface area contributed by atoms with Gasteiger partial charge in [-0.1, -0.05) is 5.92 Å². The van der Waals surface area contributed by atoms with Crippen LogP contribution in [0.4, 0.5) is 0 Å². The number of terminal acetylenes is 1. The molecule has 1 saturated heterocycles. The van der Waals surface area contributed by atoms with Crippen LogP contribution in [0.1, 0.15) is 20.8 Å². The van der Waals surface area contributed by atoms with Gasteiger partial charge in [-0.25, -0.2) is 0 Å². The van der Waals surface area contributed by atoms with E-state index in [9.17, 15) is 14.4 Å². The van der Waals surface area contributed by atoms with Crippen LogP contribution in [0.25, 0.3) is 0 Å². The van der Waals surface area contributed by atoms with Crippen molar-refractivity contribution in [3.63, 3.8) is 0 Å². The lowest BCUT2D eigenvalue weighted by Gasteiger charge is -2.40. The van der Waals surface area contributed by atoms with Crippen molar-refractivity contribution in [2.24, 2.45) is 0 Å². The molecule has 9 nitrogen and oxygen atoms in total. The number of rotatable bonds is 8. The Morgan fingerprint density at radius 3 is 2.19 bits per heavy atom. The molecular formula is C17H25NO8. The van der Waals surface area contributed by atoms with Crippen LogP contribution in [-0.4, -0.2) is 80.8 Å². The average Bonchev–Trinajstić information content (AvgIpc) is 2.51. The maximum absolute atomic E-state index is 11.5. The minimum absolute atomic E-state index is 0.0693. The summed E-state index contributed by atoms with van der Waals surface area (Å²) in [5.41, 5.74) is 0. The van der Waals surface area contributed by atoms with Gasteiger partial charge in [0.25, 0.3) is 0 Å². The van der Waals surface area contributed by atoms with Gasteiger partial charge < -0.3 is 23.7 Å². The molecule has 146 valence electrons. The molecule has 0 aromatic carbocycles. The smallest absolute Gasteiger partial charge is 0.303 e. The molecule has 4 atom stereocenters. The Labute approximate surface area is 152 Å². The molecule has 0 spiro atoms. The average molecular weight is 371 g/mol. The van der Waals surface area contributed by atoms with Gasteiger partial charge in [0, 0.05) is 27.3 Å². The molecule has 0 saturated carbocycles. The van der Waals surface area contributed by atoms with Gasteiger partial charge in [-0.05, 0) is 7.05 Å². The molecule has 0 aromatic rings. The van der Waals surface area contributed by atoms with Crippen molar-refractivity contribution in [1.82, 2.24) is 4.90 Å². The van der Waals surface area contributed by atoms with Gasteiger partial charge in [0.1, 0.15) is 0 Å². The molecule has 1 aliphatic rings. The van der Waals surface area contributed by atoms with Gasteiger partial charge in [-0.15, -0.1) is 6.42 Å². The Morgan fingerprint density at radius 1 is 1.08 bits per heavy atom. The predicted octanol–water partition coefficient (Wildman–Crippen LogP) is -0.281. The third-order valence-corrected chi connectivity index (χ3v) is 3.42. The third-order valence-electron chi connectivity index (χ3n) is 3.42. The van der Waals surface area contributed by atoms with Crippen LogP contribution < -0.4 is 0 Å². The van der Waals surface area contributed by atoms with E-state index in [1.165, 1.54) is 20.8 Å². The molecule has 26 heavy (non-hydrogen) atoms. The molecule has 1 rings (SSSR count). The van der Waals surface area contributed by atoms with Crippen LogP contribution >= 0.6 is 0 Å². The zero-order valence-corrected chi connectivity index (χ0v) is 15.4. The number of carbonyl (C=O) groups is 3. The van der Waals surface area contributed by atoms with Gasteiger partial charge in [0.15, 0.2) is 24.6 Å². The largest absolute Gasteiger partial charge is 0.456 e. The molecule has 9 heteroatoms. The van der Waals surface area contributed by atoms with Crippen molar-refractivity contribution in [3.05, 3.63) is 0 Å². The summed E-state index contributed by atoms with van der Waals surface area (Å²) in [4.78, 5) is 36.1. The monoisotopic (exact) mass is 371 g/mol. The lowest BCUT2D eigenvalue weighted by atomic mass is 10.0. The first kappa shape index (κ1) is 21.9. The highest BCUT2D eigenvalue weighted by Gasteiger charge is 2.47. The fourth-order valence-electron chi connectivity index (χ4n) is 2.41. The Morgan fingerprint density at radius 2 is 1.65 bits per heavy atom. The number of nitrogens with zero attached hydrogens (tertiary/aromatic N) is 1. The van der Waals surface area contributed by atoms with Crippen LogP contribution in [-0.2, 0) is 38.1 Å². The molecule has 1 fully saturated rings. The Bertz CT molecular complexity index is 543. The topological polar surface area (TPSA) is 101 Å². The highest BCUT2D eigenvalue weighted by atomic mass is 16.7. The van der Waals surface area contributed by atoms with E-state index in [2.05, 4.69) is 5.92 Å². The summed E-state index contributed by atoms with van der Waals surface area (Å²) >= 11 is 0. The van der Waals surface area contributed by atoms with Gasteiger partial charge in [0.05, 0.1) is 19.8 Å². The van der Waals surface area contributed by atoms with Crippen LogP contribution in [0.5, 0.6) is 0 Å². The molecular weight excluding hydrogens is 346 g/mol. The number of esters is 3. The minimum Gasteiger partial charge on any atom is -0.456 e. The van der Waals surface area contributed by atoms with E-state index in [0.717, 1.165) is 0 Å². The molecule has 0 bridgehead atoms. The Balaban J connectivity index is 2.85. The second-order valence-corrected chi connectivity index (χ2v) is 5.81. The van der Waals surface area contributed by atoms with E-state index in [-0.39, 0.29) is 13.2 Å². The highest BCUT2D eigenvalue weighted by Crippen LogP contribution is 2.25. The fraction of sp³-hybridized carbons (Fsp3) is 0.706. The Kier molecular flexibility index (Phi) is 9.05. The van der Waals surface area contributed by atoms with Crippen molar-refractivity contribution in [2.45, 2.75) is 45.4 Å². The van der Waals surface area contributed by atoms with Gasteiger partial charge in [-0.2, -0.15) is 0 Å². The summed E-state index contributed by atoms with van der Waals surface area (Å²) < 4.78 is 26.7. The molecule has 1 aliphatic heterocycles. The summed E-state index contributed by atoms with van der Waals surface area (Å²) in [6, 6.07) is 0. The minimum atomic E-state index is -1.08. The van der Waals surface area contributed by atoms with Gasteiger partial charge in [-0.3, -0.25) is 19.3 Å². The zero-order valence-electron chi connectivity index (χ0n) is 15.4. The van der Waals surface area contributed by atoms with E-state index < -0.39 is 42.5 Å². The van der Waals surface area contributed by atoms with E-state index in [1.54, 1.807) is 0 Å². The Hall–Kier alpha value is -2.15. The van der Waals surface area contributed by atoms with Crippen molar-refractivity contribution in [3.8, 4) is 12.3 Å². The SMILES string of the molecule is C#CCN(C)CCO[C@@H]1OC[C@@H](OC(C)=O)[C@H](OC(C)=O)[C@H]1OC(C)=O. The van der Waals surface area contributed by atoms with Crippen molar-refractivity contribution >= 4 is 17.9 Å².